The molecule has 0 saturated heterocycles. The van der Waals surface area contributed by atoms with Crippen LogP contribution in [0.3, 0.4) is 0 Å². The van der Waals surface area contributed by atoms with Gasteiger partial charge in [-0.1, -0.05) is 35.9 Å². The summed E-state index contributed by atoms with van der Waals surface area (Å²) in [6, 6.07) is 18.7. The molecule has 1 unspecified atom stereocenters. The summed E-state index contributed by atoms with van der Waals surface area (Å²) in [7, 11) is 0. The molecular formula is C26H23ClN4O6. The zero-order chi connectivity index (χ0) is 26.9. The first-order valence-electron chi connectivity index (χ1n) is 11.0. The topological polar surface area (TPSA) is 140 Å². The van der Waals surface area contributed by atoms with Crippen molar-refractivity contribution < 1.29 is 24.0 Å². The molecule has 10 nitrogen and oxygen atoms in total. The Morgan fingerprint density at radius 3 is 2.24 bits per heavy atom. The predicted molar refractivity (Wildman–Crippen MR) is 140 cm³/mol. The molecule has 0 heterocycles. The van der Waals surface area contributed by atoms with Crippen molar-refractivity contribution in [1.29, 1.82) is 0 Å². The Labute approximate surface area is 217 Å². The number of ether oxygens (including phenoxy) is 1. The number of rotatable bonds is 9. The minimum absolute atomic E-state index is 0.101. The summed E-state index contributed by atoms with van der Waals surface area (Å²) in [5, 5.41) is 19.2. The molecule has 190 valence electrons. The summed E-state index contributed by atoms with van der Waals surface area (Å²) in [6.07, 6.45) is 0.511. The van der Waals surface area contributed by atoms with Gasteiger partial charge in [-0.2, -0.15) is 0 Å². The molecule has 1 atom stereocenters. The number of benzene rings is 3. The fourth-order valence-electron chi connectivity index (χ4n) is 3.11. The van der Waals surface area contributed by atoms with E-state index in [2.05, 4.69) is 16.0 Å². The van der Waals surface area contributed by atoms with Gasteiger partial charge in [0, 0.05) is 30.4 Å². The van der Waals surface area contributed by atoms with Gasteiger partial charge in [-0.15, -0.1) is 0 Å². The molecule has 3 aromatic carbocycles. The highest BCUT2D eigenvalue weighted by atomic mass is 35.5. The van der Waals surface area contributed by atoms with E-state index in [4.69, 9.17) is 16.3 Å². The number of nitrogens with one attached hydrogen (secondary N) is 3. The minimum Gasteiger partial charge on any atom is -0.479 e. The molecule has 0 spiro atoms. The first-order valence-corrected chi connectivity index (χ1v) is 11.4. The van der Waals surface area contributed by atoms with E-state index < -0.39 is 28.7 Å². The number of non-ortho nitro benzene ring substituents is 1. The second kappa shape index (κ2) is 12.3. The number of hydrogen-bond donors (Lipinski definition) is 3. The normalized spacial score (nSPS) is 11.7. The summed E-state index contributed by atoms with van der Waals surface area (Å²) in [4.78, 5) is 47.4. The van der Waals surface area contributed by atoms with Crippen LogP contribution in [0.1, 0.15) is 19.4 Å². The van der Waals surface area contributed by atoms with Crippen LogP contribution in [0.4, 0.5) is 17.1 Å². The van der Waals surface area contributed by atoms with E-state index in [9.17, 15) is 24.5 Å². The van der Waals surface area contributed by atoms with Crippen LogP contribution in [0.5, 0.6) is 5.75 Å². The van der Waals surface area contributed by atoms with Crippen molar-refractivity contribution in [2.75, 3.05) is 10.6 Å². The SMILES string of the molecule is CC(=O)N/C(=C\c1cccc([N+](=O)[O-])c1)C(=O)Nc1ccc(NC(=O)C(C)Oc2ccccc2Cl)cc1. The first-order chi connectivity index (χ1) is 17.6. The standard InChI is InChI=1S/C26H23ClN4O6/c1-16(37-24-9-4-3-8-22(24)27)25(33)29-19-10-12-20(13-11-19)30-26(34)23(28-17(2)32)15-18-6-5-7-21(14-18)31(35)36/h3-16H,1-2H3,(H,28,32)(H,29,33)(H,30,34)/b23-15-. The van der Waals surface area contributed by atoms with Gasteiger partial charge in [0.1, 0.15) is 11.4 Å². The molecule has 3 rings (SSSR count). The molecule has 0 bridgehead atoms. The zero-order valence-corrected chi connectivity index (χ0v) is 20.6. The number of nitro groups is 1. The van der Waals surface area contributed by atoms with E-state index in [1.165, 1.54) is 31.2 Å². The Hall–Kier alpha value is -4.70. The van der Waals surface area contributed by atoms with Crippen LogP contribution in [0.25, 0.3) is 6.08 Å². The van der Waals surface area contributed by atoms with Gasteiger partial charge in [0.15, 0.2) is 6.10 Å². The van der Waals surface area contributed by atoms with Gasteiger partial charge in [-0.25, -0.2) is 0 Å². The maximum absolute atomic E-state index is 12.8. The average molecular weight is 523 g/mol. The van der Waals surface area contributed by atoms with Crippen molar-refractivity contribution >= 4 is 52.5 Å². The van der Waals surface area contributed by atoms with Crippen LogP contribution in [0.2, 0.25) is 5.02 Å². The monoisotopic (exact) mass is 522 g/mol. The second-order valence-corrected chi connectivity index (χ2v) is 8.21. The molecule has 0 radical (unpaired) electrons. The van der Waals surface area contributed by atoms with E-state index in [0.717, 1.165) is 0 Å². The predicted octanol–water partition coefficient (Wildman–Crippen LogP) is 4.77. The van der Waals surface area contributed by atoms with Crippen molar-refractivity contribution in [3.05, 3.63) is 99.2 Å². The number of nitro benzene ring substituents is 1. The Morgan fingerprint density at radius 1 is 0.973 bits per heavy atom. The molecule has 3 amide bonds. The van der Waals surface area contributed by atoms with Crippen LogP contribution in [-0.4, -0.2) is 28.7 Å². The fourth-order valence-corrected chi connectivity index (χ4v) is 3.29. The Bertz CT molecular complexity index is 1360. The highest BCUT2D eigenvalue weighted by Crippen LogP contribution is 2.24. The lowest BCUT2D eigenvalue weighted by atomic mass is 10.1. The minimum atomic E-state index is -0.821. The molecule has 0 aliphatic rings. The third-order valence-corrected chi connectivity index (χ3v) is 5.18. The second-order valence-electron chi connectivity index (χ2n) is 7.80. The molecule has 0 saturated carbocycles. The number of hydrogen-bond acceptors (Lipinski definition) is 6. The van der Waals surface area contributed by atoms with Crippen molar-refractivity contribution in [2.45, 2.75) is 20.0 Å². The van der Waals surface area contributed by atoms with E-state index in [1.54, 1.807) is 61.5 Å². The van der Waals surface area contributed by atoms with Crippen LogP contribution in [0.15, 0.2) is 78.5 Å². The van der Waals surface area contributed by atoms with E-state index >= 15 is 0 Å². The highest BCUT2D eigenvalue weighted by Gasteiger charge is 2.17. The number of carbonyl (C=O) groups excluding carboxylic acids is 3. The number of anilines is 2. The lowest BCUT2D eigenvalue weighted by Crippen LogP contribution is -2.30. The number of para-hydroxylation sites is 1. The van der Waals surface area contributed by atoms with Gasteiger partial charge in [-0.05, 0) is 55.0 Å². The third kappa shape index (κ3) is 7.91. The maximum Gasteiger partial charge on any atom is 0.272 e. The molecule has 0 aromatic heterocycles. The van der Waals surface area contributed by atoms with Crippen LogP contribution in [0, 0.1) is 10.1 Å². The Balaban J connectivity index is 1.66. The van der Waals surface area contributed by atoms with Gasteiger partial charge in [0.25, 0.3) is 17.5 Å². The number of halogens is 1. The summed E-state index contributed by atoms with van der Waals surface area (Å²) < 4.78 is 5.60. The average Bonchev–Trinajstić information content (AvgIpc) is 2.86. The van der Waals surface area contributed by atoms with Crippen molar-refractivity contribution in [3.63, 3.8) is 0 Å². The van der Waals surface area contributed by atoms with Gasteiger partial charge >= 0.3 is 0 Å². The molecule has 0 aliphatic carbocycles. The Morgan fingerprint density at radius 2 is 1.62 bits per heavy atom. The molecule has 37 heavy (non-hydrogen) atoms. The maximum atomic E-state index is 12.8. The molecular weight excluding hydrogens is 500 g/mol. The third-order valence-electron chi connectivity index (χ3n) is 4.87. The van der Waals surface area contributed by atoms with Crippen LogP contribution >= 0.6 is 11.6 Å². The molecule has 11 heteroatoms. The van der Waals surface area contributed by atoms with Crippen molar-refractivity contribution in [1.82, 2.24) is 5.32 Å². The van der Waals surface area contributed by atoms with E-state index in [1.807, 2.05) is 0 Å². The van der Waals surface area contributed by atoms with Gasteiger partial charge in [0.2, 0.25) is 5.91 Å². The molecule has 0 aliphatic heterocycles. The van der Waals surface area contributed by atoms with E-state index in [-0.39, 0.29) is 11.4 Å². The first kappa shape index (κ1) is 26.9. The smallest absolute Gasteiger partial charge is 0.272 e. The summed E-state index contributed by atoms with van der Waals surface area (Å²) >= 11 is 6.06. The lowest BCUT2D eigenvalue weighted by molar-refractivity contribution is -0.384. The van der Waals surface area contributed by atoms with Crippen LogP contribution < -0.4 is 20.7 Å². The van der Waals surface area contributed by atoms with Crippen molar-refractivity contribution in [2.24, 2.45) is 0 Å². The van der Waals surface area contributed by atoms with Crippen molar-refractivity contribution in [3.8, 4) is 5.75 Å². The highest BCUT2D eigenvalue weighted by molar-refractivity contribution is 6.32. The summed E-state index contributed by atoms with van der Waals surface area (Å²) in [5.41, 5.74) is 0.959. The van der Waals surface area contributed by atoms with Crippen LogP contribution in [-0.2, 0) is 14.4 Å². The largest absolute Gasteiger partial charge is 0.479 e. The number of carbonyl (C=O) groups is 3. The van der Waals surface area contributed by atoms with E-state index in [0.29, 0.717) is 27.7 Å². The summed E-state index contributed by atoms with van der Waals surface area (Å²) in [6.45, 7) is 2.83. The lowest BCUT2D eigenvalue weighted by Gasteiger charge is -2.16. The molecule has 0 fully saturated rings. The summed E-state index contributed by atoms with van der Waals surface area (Å²) in [5.74, 6) is -1.14. The number of nitrogens with zero attached hydrogens (tertiary/aromatic N) is 1. The molecule has 3 N–H and O–H groups in total. The number of amides is 3. The van der Waals surface area contributed by atoms with Gasteiger partial charge in [0.05, 0.1) is 9.95 Å². The van der Waals surface area contributed by atoms with Gasteiger partial charge < -0.3 is 20.7 Å². The Kier molecular flexibility index (Phi) is 8.95. The van der Waals surface area contributed by atoms with Gasteiger partial charge in [-0.3, -0.25) is 24.5 Å². The zero-order valence-electron chi connectivity index (χ0n) is 19.9. The quantitative estimate of drug-likeness (QED) is 0.210. The molecule has 3 aromatic rings. The fraction of sp³-hybridized carbons (Fsp3) is 0.115.